The Hall–Kier alpha value is -3.48. The second kappa shape index (κ2) is 9.86. The molecule has 1 N–H and O–H groups in total. The maximum atomic E-state index is 12.0. The average Bonchev–Trinajstić information content (AvgIpc) is 2.67. The van der Waals surface area contributed by atoms with Crippen molar-refractivity contribution in [1.82, 2.24) is 0 Å². The number of carbonyl (C=O) groups excluding carboxylic acids is 1. The van der Waals surface area contributed by atoms with Gasteiger partial charge in [-0.05, 0) is 36.8 Å². The van der Waals surface area contributed by atoms with Gasteiger partial charge in [0, 0.05) is 11.8 Å². The van der Waals surface area contributed by atoms with E-state index in [9.17, 15) is 4.79 Å². The molecule has 0 aliphatic carbocycles. The lowest BCUT2D eigenvalue weighted by atomic mass is 10.1. The molecule has 2 aromatic carbocycles. The van der Waals surface area contributed by atoms with Crippen molar-refractivity contribution < 1.29 is 14.3 Å². The first-order valence-corrected chi connectivity index (χ1v) is 8.41. The smallest absolute Gasteiger partial charge is 0.262 e. The van der Waals surface area contributed by atoms with Crippen LogP contribution in [0.1, 0.15) is 12.5 Å². The molecule has 2 rings (SSSR count). The molecule has 136 valence electrons. The maximum absolute atomic E-state index is 12.0. The Morgan fingerprint density at radius 2 is 1.81 bits per heavy atom. The van der Waals surface area contributed by atoms with Crippen molar-refractivity contribution in [2.24, 2.45) is 0 Å². The number of nitrogens with one attached hydrogen (secondary N) is 1. The monoisotopic (exact) mass is 381 g/mol. The van der Waals surface area contributed by atoms with Crippen LogP contribution in [0.15, 0.2) is 48.0 Å². The molecule has 0 aliphatic heterocycles. The largest absolute Gasteiger partial charge is 0.490 e. The highest BCUT2D eigenvalue weighted by atomic mass is 35.5. The molecular weight excluding hydrogens is 366 g/mol. The summed E-state index contributed by atoms with van der Waals surface area (Å²) in [6.07, 6.45) is 1.36. The molecule has 0 bridgehead atoms. The third-order valence-electron chi connectivity index (χ3n) is 3.32. The molecule has 1 amide bonds. The van der Waals surface area contributed by atoms with Gasteiger partial charge in [-0.3, -0.25) is 4.79 Å². The van der Waals surface area contributed by atoms with Gasteiger partial charge in [0.15, 0.2) is 18.1 Å². The topological polar surface area (TPSA) is 95.1 Å². The van der Waals surface area contributed by atoms with Gasteiger partial charge in [0.2, 0.25) is 0 Å². The van der Waals surface area contributed by atoms with E-state index in [1.54, 1.807) is 37.3 Å². The van der Waals surface area contributed by atoms with E-state index in [0.717, 1.165) is 0 Å². The first-order chi connectivity index (χ1) is 13.1. The van der Waals surface area contributed by atoms with E-state index < -0.39 is 0 Å². The molecule has 0 aromatic heterocycles. The quantitative estimate of drug-likeness (QED) is 0.725. The Bertz CT molecular complexity index is 912. The van der Waals surface area contributed by atoms with Crippen LogP contribution in [0.4, 0.5) is 5.69 Å². The predicted octanol–water partition coefficient (Wildman–Crippen LogP) is 4.19. The zero-order valence-corrected chi connectivity index (χ0v) is 15.3. The van der Waals surface area contributed by atoms with E-state index in [1.807, 2.05) is 18.2 Å². The number of anilines is 1. The van der Waals surface area contributed by atoms with Crippen LogP contribution in [0.3, 0.4) is 0 Å². The summed E-state index contributed by atoms with van der Waals surface area (Å²) in [6.45, 7) is 1.93. The van der Waals surface area contributed by atoms with Crippen LogP contribution in [0.2, 0.25) is 5.02 Å². The van der Waals surface area contributed by atoms with E-state index >= 15 is 0 Å². The van der Waals surface area contributed by atoms with Crippen LogP contribution < -0.4 is 14.8 Å². The molecule has 0 saturated heterocycles. The molecule has 0 unspecified atom stereocenters. The number of amides is 1. The number of para-hydroxylation sites is 1. The Labute approximate surface area is 162 Å². The van der Waals surface area contributed by atoms with Crippen LogP contribution in [0.5, 0.6) is 11.5 Å². The van der Waals surface area contributed by atoms with Crippen LogP contribution in [-0.2, 0) is 4.79 Å². The highest BCUT2D eigenvalue weighted by Crippen LogP contribution is 2.34. The maximum Gasteiger partial charge on any atom is 0.262 e. The van der Waals surface area contributed by atoms with Crippen LogP contribution in [0, 0.1) is 22.7 Å². The first-order valence-electron chi connectivity index (χ1n) is 8.03. The van der Waals surface area contributed by atoms with E-state index in [0.29, 0.717) is 23.6 Å². The number of hydrogen-bond donors (Lipinski definition) is 1. The summed E-state index contributed by atoms with van der Waals surface area (Å²) in [7, 11) is 0. The van der Waals surface area contributed by atoms with Crippen molar-refractivity contribution >= 4 is 29.3 Å². The van der Waals surface area contributed by atoms with E-state index in [-0.39, 0.29) is 28.9 Å². The van der Waals surface area contributed by atoms with E-state index in [1.165, 1.54) is 12.1 Å². The fourth-order valence-electron chi connectivity index (χ4n) is 2.15. The Morgan fingerprint density at radius 3 is 2.44 bits per heavy atom. The molecule has 0 heterocycles. The highest BCUT2D eigenvalue weighted by molar-refractivity contribution is 6.32. The lowest BCUT2D eigenvalue weighted by molar-refractivity contribution is -0.118. The molecule has 2 aromatic rings. The fraction of sp³-hybridized carbons (Fsp3) is 0.150. The Balaban J connectivity index is 2.17. The second-order valence-corrected chi connectivity index (χ2v) is 5.65. The van der Waals surface area contributed by atoms with Gasteiger partial charge in [-0.15, -0.1) is 0 Å². The molecule has 27 heavy (non-hydrogen) atoms. The Kier molecular flexibility index (Phi) is 7.25. The van der Waals surface area contributed by atoms with Crippen molar-refractivity contribution in [3.05, 3.63) is 58.6 Å². The zero-order valence-electron chi connectivity index (χ0n) is 14.5. The van der Waals surface area contributed by atoms with E-state index in [2.05, 4.69) is 5.32 Å². The number of rotatable bonds is 7. The fourth-order valence-corrected chi connectivity index (χ4v) is 2.36. The van der Waals surface area contributed by atoms with Crippen LogP contribution >= 0.6 is 11.6 Å². The summed E-state index contributed by atoms with van der Waals surface area (Å²) in [4.78, 5) is 12.0. The molecule has 0 fully saturated rings. The normalized spacial score (nSPS) is 9.48. The number of ether oxygens (including phenoxy) is 2. The summed E-state index contributed by atoms with van der Waals surface area (Å²) in [5.74, 6) is 0.313. The van der Waals surface area contributed by atoms with Crippen molar-refractivity contribution in [1.29, 1.82) is 10.5 Å². The van der Waals surface area contributed by atoms with Gasteiger partial charge < -0.3 is 14.8 Å². The van der Waals surface area contributed by atoms with Crippen molar-refractivity contribution in [3.63, 3.8) is 0 Å². The molecule has 6 nitrogen and oxygen atoms in total. The SMILES string of the molecule is CCOc1cc(C=C(C#N)C#N)c(Cl)cc1OCC(=O)Nc1ccccc1. The van der Waals surface area contributed by atoms with Gasteiger partial charge >= 0.3 is 0 Å². The third-order valence-corrected chi connectivity index (χ3v) is 3.65. The molecule has 0 radical (unpaired) electrons. The van der Waals surface area contributed by atoms with Crippen LogP contribution in [-0.4, -0.2) is 19.1 Å². The van der Waals surface area contributed by atoms with Gasteiger partial charge in [0.25, 0.3) is 5.91 Å². The van der Waals surface area contributed by atoms with Crippen molar-refractivity contribution in [2.45, 2.75) is 6.92 Å². The predicted molar refractivity (Wildman–Crippen MR) is 102 cm³/mol. The van der Waals surface area contributed by atoms with Gasteiger partial charge in [-0.25, -0.2) is 0 Å². The second-order valence-electron chi connectivity index (χ2n) is 5.24. The molecule has 0 spiro atoms. The van der Waals surface area contributed by atoms with Crippen LogP contribution in [0.25, 0.3) is 6.08 Å². The number of carbonyl (C=O) groups is 1. The minimum atomic E-state index is -0.333. The van der Waals surface area contributed by atoms with Gasteiger partial charge in [0.1, 0.15) is 17.7 Å². The molecule has 7 heteroatoms. The number of hydrogen-bond acceptors (Lipinski definition) is 5. The number of nitriles is 2. The summed E-state index contributed by atoms with van der Waals surface area (Å²) in [5, 5.41) is 20.8. The first kappa shape index (κ1) is 19.8. The summed E-state index contributed by atoms with van der Waals surface area (Å²) >= 11 is 6.21. The third kappa shape index (κ3) is 5.78. The molecule has 0 atom stereocenters. The summed E-state index contributed by atoms with van der Waals surface area (Å²) in [5.41, 5.74) is 1.02. The van der Waals surface area contributed by atoms with E-state index in [4.69, 9.17) is 31.6 Å². The number of allylic oxidation sites excluding steroid dienone is 1. The number of benzene rings is 2. The summed E-state index contributed by atoms with van der Waals surface area (Å²) in [6, 6.07) is 15.6. The standard InChI is InChI=1S/C20H16ClN3O3/c1-2-26-18-9-15(8-14(11-22)12-23)17(21)10-19(18)27-13-20(25)24-16-6-4-3-5-7-16/h3-10H,2,13H2,1H3,(H,24,25). The lowest BCUT2D eigenvalue weighted by Crippen LogP contribution is -2.20. The summed E-state index contributed by atoms with van der Waals surface area (Å²) < 4.78 is 11.1. The minimum absolute atomic E-state index is 0.0877. The Morgan fingerprint density at radius 1 is 1.15 bits per heavy atom. The number of halogens is 1. The van der Waals surface area contributed by atoms with Gasteiger partial charge in [-0.2, -0.15) is 10.5 Å². The average molecular weight is 382 g/mol. The number of nitrogens with zero attached hydrogens (tertiary/aromatic N) is 2. The van der Waals surface area contributed by atoms with Gasteiger partial charge in [-0.1, -0.05) is 29.8 Å². The van der Waals surface area contributed by atoms with Crippen molar-refractivity contribution in [3.8, 4) is 23.6 Å². The van der Waals surface area contributed by atoms with Gasteiger partial charge in [0.05, 0.1) is 11.6 Å². The molecular formula is C20H16ClN3O3. The van der Waals surface area contributed by atoms with Crippen molar-refractivity contribution in [2.75, 3.05) is 18.5 Å². The minimum Gasteiger partial charge on any atom is -0.490 e. The zero-order chi connectivity index (χ0) is 19.6. The lowest BCUT2D eigenvalue weighted by Gasteiger charge is -2.14. The molecule has 0 aliphatic rings. The molecule has 0 saturated carbocycles. The highest BCUT2D eigenvalue weighted by Gasteiger charge is 2.13.